The SMILES string of the molecule is O=S(=O)(Oc1ccc2c(c1)CCCC2)c1ccc(Br)cc1. The topological polar surface area (TPSA) is 43.4 Å². The Hall–Kier alpha value is -1.33. The van der Waals surface area contributed by atoms with Crippen molar-refractivity contribution in [2.75, 3.05) is 0 Å². The number of hydrogen-bond donors (Lipinski definition) is 0. The van der Waals surface area contributed by atoms with Gasteiger partial charge in [0.05, 0.1) is 0 Å². The van der Waals surface area contributed by atoms with Crippen LogP contribution in [0.3, 0.4) is 0 Å². The van der Waals surface area contributed by atoms with Gasteiger partial charge in [-0.05, 0) is 73.2 Å². The van der Waals surface area contributed by atoms with E-state index in [1.165, 1.54) is 29.7 Å². The van der Waals surface area contributed by atoms with Gasteiger partial charge in [-0.3, -0.25) is 0 Å². The summed E-state index contributed by atoms with van der Waals surface area (Å²) in [5, 5.41) is 0. The molecule has 5 heteroatoms. The summed E-state index contributed by atoms with van der Waals surface area (Å²) in [5.74, 6) is 0.388. The third-order valence-corrected chi connectivity index (χ3v) is 5.42. The summed E-state index contributed by atoms with van der Waals surface area (Å²) >= 11 is 3.28. The number of fused-ring (bicyclic) bond motifs is 1. The summed E-state index contributed by atoms with van der Waals surface area (Å²) < 4.78 is 30.6. The van der Waals surface area contributed by atoms with E-state index in [0.29, 0.717) is 5.75 Å². The molecule has 1 aliphatic carbocycles. The van der Waals surface area contributed by atoms with Crippen molar-refractivity contribution < 1.29 is 12.6 Å². The Balaban J connectivity index is 1.87. The molecule has 3 rings (SSSR count). The van der Waals surface area contributed by atoms with E-state index < -0.39 is 10.1 Å². The monoisotopic (exact) mass is 366 g/mol. The first kappa shape index (κ1) is 14.6. The second kappa shape index (κ2) is 5.81. The Labute approximate surface area is 133 Å². The molecule has 0 aromatic heterocycles. The number of aryl methyl sites for hydroxylation is 2. The Morgan fingerprint density at radius 3 is 2.29 bits per heavy atom. The van der Waals surface area contributed by atoms with Crippen molar-refractivity contribution in [1.82, 2.24) is 0 Å². The van der Waals surface area contributed by atoms with Crippen molar-refractivity contribution in [3.8, 4) is 5.75 Å². The molecule has 0 fully saturated rings. The molecule has 110 valence electrons. The van der Waals surface area contributed by atoms with Crippen molar-refractivity contribution in [2.24, 2.45) is 0 Å². The zero-order valence-corrected chi connectivity index (χ0v) is 13.8. The van der Waals surface area contributed by atoms with Crippen LogP contribution in [-0.4, -0.2) is 8.42 Å². The van der Waals surface area contributed by atoms with Crippen LogP contribution >= 0.6 is 15.9 Å². The summed E-state index contributed by atoms with van der Waals surface area (Å²) in [4.78, 5) is 0.156. The van der Waals surface area contributed by atoms with Gasteiger partial charge in [0.1, 0.15) is 10.6 Å². The number of halogens is 1. The lowest BCUT2D eigenvalue weighted by Crippen LogP contribution is -2.10. The normalized spacial score (nSPS) is 14.5. The molecule has 2 aromatic rings. The molecule has 0 spiro atoms. The minimum Gasteiger partial charge on any atom is -0.379 e. The van der Waals surface area contributed by atoms with Crippen molar-refractivity contribution in [1.29, 1.82) is 0 Å². The van der Waals surface area contributed by atoms with E-state index in [1.807, 2.05) is 12.1 Å². The van der Waals surface area contributed by atoms with E-state index >= 15 is 0 Å². The van der Waals surface area contributed by atoms with Crippen molar-refractivity contribution in [3.63, 3.8) is 0 Å². The first-order chi connectivity index (χ1) is 10.0. The molecule has 0 atom stereocenters. The molecule has 0 N–H and O–H groups in total. The van der Waals surface area contributed by atoms with Gasteiger partial charge < -0.3 is 4.18 Å². The van der Waals surface area contributed by atoms with Crippen LogP contribution in [0.25, 0.3) is 0 Å². The smallest absolute Gasteiger partial charge is 0.339 e. The van der Waals surface area contributed by atoms with Gasteiger partial charge in [0, 0.05) is 4.47 Å². The molecule has 0 radical (unpaired) electrons. The highest BCUT2D eigenvalue weighted by molar-refractivity contribution is 9.10. The fourth-order valence-electron chi connectivity index (χ4n) is 2.54. The third-order valence-electron chi connectivity index (χ3n) is 3.63. The maximum absolute atomic E-state index is 12.2. The van der Waals surface area contributed by atoms with E-state index in [4.69, 9.17) is 4.18 Å². The molecule has 0 unspecified atom stereocenters. The molecule has 0 aliphatic heterocycles. The van der Waals surface area contributed by atoms with E-state index in [2.05, 4.69) is 15.9 Å². The summed E-state index contributed by atoms with van der Waals surface area (Å²) in [7, 11) is -3.78. The first-order valence-corrected chi connectivity index (χ1v) is 9.06. The van der Waals surface area contributed by atoms with Gasteiger partial charge in [-0.1, -0.05) is 22.0 Å². The number of rotatable bonds is 3. The summed E-state index contributed by atoms with van der Waals surface area (Å²) in [5.41, 5.74) is 2.50. The molecule has 1 aliphatic rings. The zero-order chi connectivity index (χ0) is 14.9. The quantitative estimate of drug-likeness (QED) is 0.768. The average Bonchev–Trinajstić information content (AvgIpc) is 2.47. The van der Waals surface area contributed by atoms with Crippen LogP contribution in [0.5, 0.6) is 5.75 Å². The van der Waals surface area contributed by atoms with Gasteiger partial charge in [-0.15, -0.1) is 0 Å². The van der Waals surface area contributed by atoms with Crippen molar-refractivity contribution in [2.45, 2.75) is 30.6 Å². The highest BCUT2D eigenvalue weighted by Gasteiger charge is 2.18. The van der Waals surface area contributed by atoms with Crippen LogP contribution < -0.4 is 4.18 Å². The summed E-state index contributed by atoms with van der Waals surface area (Å²) in [6, 6.07) is 12.0. The number of hydrogen-bond acceptors (Lipinski definition) is 3. The molecule has 0 heterocycles. The van der Waals surface area contributed by atoms with Crippen LogP contribution in [0, 0.1) is 0 Å². The molecule has 2 aromatic carbocycles. The van der Waals surface area contributed by atoms with E-state index in [1.54, 1.807) is 18.2 Å². The highest BCUT2D eigenvalue weighted by Crippen LogP contribution is 2.27. The third kappa shape index (κ3) is 3.30. The zero-order valence-electron chi connectivity index (χ0n) is 11.4. The van der Waals surface area contributed by atoms with Gasteiger partial charge in [-0.2, -0.15) is 8.42 Å². The number of benzene rings is 2. The maximum Gasteiger partial charge on any atom is 0.339 e. The first-order valence-electron chi connectivity index (χ1n) is 6.86. The second-order valence-electron chi connectivity index (χ2n) is 5.13. The lowest BCUT2D eigenvalue weighted by Gasteiger charge is -2.16. The van der Waals surface area contributed by atoms with Gasteiger partial charge in [-0.25, -0.2) is 0 Å². The minimum absolute atomic E-state index is 0.156. The van der Waals surface area contributed by atoms with Crippen LogP contribution in [-0.2, 0) is 23.0 Å². The lowest BCUT2D eigenvalue weighted by atomic mass is 9.92. The lowest BCUT2D eigenvalue weighted by molar-refractivity contribution is 0.485. The maximum atomic E-state index is 12.2. The Bertz CT molecular complexity index is 752. The fraction of sp³-hybridized carbons (Fsp3) is 0.250. The Morgan fingerprint density at radius 1 is 0.905 bits per heavy atom. The Morgan fingerprint density at radius 2 is 1.57 bits per heavy atom. The standard InChI is InChI=1S/C16H15BrO3S/c17-14-6-9-16(10-7-14)21(18,19)20-15-8-5-12-3-1-2-4-13(12)11-15/h5-11H,1-4H2. The fourth-order valence-corrected chi connectivity index (χ4v) is 3.72. The van der Waals surface area contributed by atoms with Gasteiger partial charge >= 0.3 is 10.1 Å². The largest absolute Gasteiger partial charge is 0.379 e. The molecule has 21 heavy (non-hydrogen) atoms. The van der Waals surface area contributed by atoms with E-state index in [-0.39, 0.29) is 4.90 Å². The predicted octanol–water partition coefficient (Wildman–Crippen LogP) is 4.10. The van der Waals surface area contributed by atoms with Crippen LogP contribution in [0.4, 0.5) is 0 Å². The summed E-state index contributed by atoms with van der Waals surface area (Å²) in [6.45, 7) is 0. The average molecular weight is 367 g/mol. The van der Waals surface area contributed by atoms with Crippen LogP contribution in [0.15, 0.2) is 51.8 Å². The molecular formula is C16H15BrO3S. The molecule has 3 nitrogen and oxygen atoms in total. The minimum atomic E-state index is -3.78. The highest BCUT2D eigenvalue weighted by atomic mass is 79.9. The van der Waals surface area contributed by atoms with Crippen LogP contribution in [0.1, 0.15) is 24.0 Å². The van der Waals surface area contributed by atoms with Gasteiger partial charge in [0.25, 0.3) is 0 Å². The second-order valence-corrected chi connectivity index (χ2v) is 7.59. The van der Waals surface area contributed by atoms with Crippen molar-refractivity contribution >= 4 is 26.0 Å². The van der Waals surface area contributed by atoms with Gasteiger partial charge in [0.15, 0.2) is 0 Å². The van der Waals surface area contributed by atoms with Crippen LogP contribution in [0.2, 0.25) is 0 Å². The molecular weight excluding hydrogens is 352 g/mol. The Kier molecular flexibility index (Phi) is 4.04. The van der Waals surface area contributed by atoms with Crippen molar-refractivity contribution in [3.05, 3.63) is 58.1 Å². The van der Waals surface area contributed by atoms with E-state index in [0.717, 1.165) is 23.7 Å². The van der Waals surface area contributed by atoms with Gasteiger partial charge in [0.2, 0.25) is 0 Å². The molecule has 0 saturated carbocycles. The molecule has 0 amide bonds. The van der Waals surface area contributed by atoms with E-state index in [9.17, 15) is 8.42 Å². The molecule has 0 bridgehead atoms. The summed E-state index contributed by atoms with van der Waals surface area (Å²) in [6.07, 6.45) is 4.40. The molecule has 0 saturated heterocycles. The predicted molar refractivity (Wildman–Crippen MR) is 85.0 cm³/mol.